The first-order chi connectivity index (χ1) is 13.6. The first-order valence-electron chi connectivity index (χ1n) is 9.98. The third-order valence-electron chi connectivity index (χ3n) is 4.70. The molecule has 0 fully saturated rings. The van der Waals surface area contributed by atoms with E-state index in [-0.39, 0.29) is 23.4 Å². The van der Waals surface area contributed by atoms with E-state index in [1.54, 1.807) is 12.1 Å². The summed E-state index contributed by atoms with van der Waals surface area (Å²) in [5, 5.41) is 6.14. The maximum atomic E-state index is 12.3. The number of anilines is 1. The number of carbonyl (C=O) groups excluding carboxylic acids is 1. The number of benzene rings is 2. The SMILES string of the molecule is CC(C)Cc1ccc(C(NCC(=O)Nc2ccc(S(C)(=O)=O)cc2)C(C)C)cc1. The summed E-state index contributed by atoms with van der Waals surface area (Å²) >= 11 is 0. The van der Waals surface area contributed by atoms with Gasteiger partial charge in [0.2, 0.25) is 5.91 Å². The minimum atomic E-state index is -3.24. The summed E-state index contributed by atoms with van der Waals surface area (Å²) in [6, 6.07) is 14.9. The Morgan fingerprint density at radius 3 is 2.00 bits per heavy atom. The largest absolute Gasteiger partial charge is 0.325 e. The van der Waals surface area contributed by atoms with Gasteiger partial charge in [0.1, 0.15) is 0 Å². The molecule has 0 spiro atoms. The first-order valence-corrected chi connectivity index (χ1v) is 11.9. The number of hydrogen-bond donors (Lipinski definition) is 2. The molecule has 0 saturated carbocycles. The van der Waals surface area contributed by atoms with Gasteiger partial charge in [-0.1, -0.05) is 52.0 Å². The second-order valence-electron chi connectivity index (χ2n) is 8.29. The van der Waals surface area contributed by atoms with Gasteiger partial charge in [0.25, 0.3) is 0 Å². The summed E-state index contributed by atoms with van der Waals surface area (Å²) in [5.74, 6) is 0.780. The molecular formula is C23H32N2O3S. The van der Waals surface area contributed by atoms with E-state index < -0.39 is 9.84 Å². The van der Waals surface area contributed by atoms with E-state index in [0.29, 0.717) is 17.5 Å². The van der Waals surface area contributed by atoms with Crippen LogP contribution in [0, 0.1) is 11.8 Å². The smallest absolute Gasteiger partial charge is 0.238 e. The van der Waals surface area contributed by atoms with E-state index in [4.69, 9.17) is 0 Å². The lowest BCUT2D eigenvalue weighted by Gasteiger charge is -2.23. The third kappa shape index (κ3) is 7.29. The average Bonchev–Trinajstić information content (AvgIpc) is 2.62. The van der Waals surface area contributed by atoms with Crippen molar-refractivity contribution in [1.29, 1.82) is 0 Å². The van der Waals surface area contributed by atoms with E-state index in [2.05, 4.69) is 62.6 Å². The highest BCUT2D eigenvalue weighted by atomic mass is 32.2. The molecule has 0 aliphatic rings. The van der Waals surface area contributed by atoms with Gasteiger partial charge in [-0.2, -0.15) is 0 Å². The van der Waals surface area contributed by atoms with Crippen molar-refractivity contribution >= 4 is 21.4 Å². The number of hydrogen-bond acceptors (Lipinski definition) is 4. The van der Waals surface area contributed by atoms with Crippen molar-refractivity contribution in [2.24, 2.45) is 11.8 Å². The van der Waals surface area contributed by atoms with Crippen LogP contribution in [-0.2, 0) is 21.1 Å². The highest BCUT2D eigenvalue weighted by Crippen LogP contribution is 2.23. The monoisotopic (exact) mass is 416 g/mol. The Hall–Kier alpha value is -2.18. The van der Waals surface area contributed by atoms with Gasteiger partial charge in [-0.25, -0.2) is 8.42 Å². The summed E-state index contributed by atoms with van der Waals surface area (Å²) in [6.45, 7) is 8.84. The van der Waals surface area contributed by atoms with Crippen LogP contribution in [0.25, 0.3) is 0 Å². The topological polar surface area (TPSA) is 75.3 Å². The molecule has 1 unspecified atom stereocenters. The average molecular weight is 417 g/mol. The molecule has 0 aliphatic carbocycles. The lowest BCUT2D eigenvalue weighted by Crippen LogP contribution is -2.33. The van der Waals surface area contributed by atoms with Gasteiger partial charge in [-0.3, -0.25) is 4.79 Å². The van der Waals surface area contributed by atoms with Crippen LogP contribution in [0.2, 0.25) is 0 Å². The number of amides is 1. The Morgan fingerprint density at radius 1 is 0.931 bits per heavy atom. The third-order valence-corrected chi connectivity index (χ3v) is 5.83. The second-order valence-corrected chi connectivity index (χ2v) is 10.3. The van der Waals surface area contributed by atoms with Crippen LogP contribution in [0.4, 0.5) is 5.69 Å². The molecule has 1 amide bonds. The van der Waals surface area contributed by atoms with Gasteiger partial charge in [0.05, 0.1) is 11.4 Å². The van der Waals surface area contributed by atoms with Gasteiger partial charge < -0.3 is 10.6 Å². The Bertz CT molecular complexity index is 902. The molecule has 0 aromatic heterocycles. The maximum absolute atomic E-state index is 12.3. The summed E-state index contributed by atoms with van der Waals surface area (Å²) < 4.78 is 23.0. The zero-order valence-corrected chi connectivity index (χ0v) is 18.7. The normalized spacial score (nSPS) is 12.9. The molecule has 6 heteroatoms. The number of nitrogens with one attached hydrogen (secondary N) is 2. The van der Waals surface area contributed by atoms with Crippen molar-refractivity contribution in [1.82, 2.24) is 5.32 Å². The van der Waals surface area contributed by atoms with Crippen LogP contribution in [0.15, 0.2) is 53.4 Å². The van der Waals surface area contributed by atoms with Crippen LogP contribution < -0.4 is 10.6 Å². The molecule has 2 N–H and O–H groups in total. The summed E-state index contributed by atoms with van der Waals surface area (Å²) in [6.07, 6.45) is 2.21. The van der Waals surface area contributed by atoms with Gasteiger partial charge in [0, 0.05) is 18.0 Å². The van der Waals surface area contributed by atoms with E-state index in [0.717, 1.165) is 18.2 Å². The highest BCUT2D eigenvalue weighted by Gasteiger charge is 2.17. The molecule has 29 heavy (non-hydrogen) atoms. The molecule has 5 nitrogen and oxygen atoms in total. The molecule has 2 rings (SSSR count). The Balaban J connectivity index is 1.97. The first kappa shape index (κ1) is 23.1. The quantitative estimate of drug-likeness (QED) is 0.642. The molecule has 2 aromatic rings. The van der Waals surface area contributed by atoms with Crippen LogP contribution in [0.3, 0.4) is 0 Å². The predicted octanol–water partition coefficient (Wildman–Crippen LogP) is 4.21. The zero-order chi connectivity index (χ0) is 21.6. The molecule has 0 heterocycles. The Labute approximate surface area is 174 Å². The Morgan fingerprint density at radius 2 is 1.52 bits per heavy atom. The molecule has 2 aromatic carbocycles. The minimum Gasteiger partial charge on any atom is -0.325 e. The molecule has 0 aliphatic heterocycles. The fraction of sp³-hybridized carbons (Fsp3) is 0.435. The minimum absolute atomic E-state index is 0.0708. The number of rotatable bonds is 9. The Kier molecular flexibility index (Phi) is 7.99. The fourth-order valence-corrected chi connectivity index (χ4v) is 3.89. The van der Waals surface area contributed by atoms with Crippen LogP contribution in [-0.4, -0.2) is 27.1 Å². The highest BCUT2D eigenvalue weighted by molar-refractivity contribution is 7.90. The van der Waals surface area contributed by atoms with E-state index >= 15 is 0 Å². The number of carbonyl (C=O) groups is 1. The van der Waals surface area contributed by atoms with Crippen molar-refractivity contribution in [2.75, 3.05) is 18.1 Å². The van der Waals surface area contributed by atoms with E-state index in [1.165, 1.54) is 17.7 Å². The molecule has 158 valence electrons. The van der Waals surface area contributed by atoms with Crippen molar-refractivity contribution in [3.8, 4) is 0 Å². The van der Waals surface area contributed by atoms with Crippen molar-refractivity contribution in [3.05, 3.63) is 59.7 Å². The molecule has 0 saturated heterocycles. The van der Waals surface area contributed by atoms with Gasteiger partial charge in [-0.15, -0.1) is 0 Å². The molecule has 1 atom stereocenters. The van der Waals surface area contributed by atoms with Crippen LogP contribution >= 0.6 is 0 Å². The van der Waals surface area contributed by atoms with Gasteiger partial charge in [-0.05, 0) is 53.6 Å². The van der Waals surface area contributed by atoms with E-state index in [1.807, 2.05) is 0 Å². The van der Waals surface area contributed by atoms with Crippen LogP contribution in [0.1, 0.15) is 44.9 Å². The van der Waals surface area contributed by atoms with Crippen LogP contribution in [0.5, 0.6) is 0 Å². The summed E-state index contributed by atoms with van der Waals surface area (Å²) in [5.41, 5.74) is 3.06. The molecule has 0 bridgehead atoms. The van der Waals surface area contributed by atoms with Crippen molar-refractivity contribution in [3.63, 3.8) is 0 Å². The van der Waals surface area contributed by atoms with Crippen molar-refractivity contribution < 1.29 is 13.2 Å². The molecule has 0 radical (unpaired) electrons. The fourth-order valence-electron chi connectivity index (χ4n) is 3.26. The standard InChI is InChI=1S/C23H32N2O3S/c1-16(2)14-18-6-8-19(9-7-18)23(17(3)4)24-15-22(26)25-20-10-12-21(13-11-20)29(5,27)28/h6-13,16-17,23-24H,14-15H2,1-5H3,(H,25,26). The second kappa shape index (κ2) is 10.0. The lowest BCUT2D eigenvalue weighted by atomic mass is 9.94. The van der Waals surface area contributed by atoms with Crippen molar-refractivity contribution in [2.45, 2.75) is 45.1 Å². The lowest BCUT2D eigenvalue weighted by molar-refractivity contribution is -0.115. The summed E-state index contributed by atoms with van der Waals surface area (Å²) in [7, 11) is -3.24. The van der Waals surface area contributed by atoms with E-state index in [9.17, 15) is 13.2 Å². The zero-order valence-electron chi connectivity index (χ0n) is 17.9. The maximum Gasteiger partial charge on any atom is 0.238 e. The van der Waals surface area contributed by atoms with Gasteiger partial charge in [0.15, 0.2) is 9.84 Å². The predicted molar refractivity (Wildman–Crippen MR) is 119 cm³/mol. The summed E-state index contributed by atoms with van der Waals surface area (Å²) in [4.78, 5) is 12.6. The van der Waals surface area contributed by atoms with Gasteiger partial charge >= 0.3 is 0 Å². The molecular weight excluding hydrogens is 384 g/mol. The number of sulfone groups is 1.